The number of carbonyl (C=O) groups excluding carboxylic acids is 1. The van der Waals surface area contributed by atoms with Crippen molar-refractivity contribution in [3.63, 3.8) is 0 Å². The van der Waals surface area contributed by atoms with Crippen molar-refractivity contribution in [1.29, 1.82) is 0 Å². The van der Waals surface area contributed by atoms with Gasteiger partial charge in [0.2, 0.25) is 11.9 Å². The number of amides is 1. The number of hydrogen-bond donors (Lipinski definition) is 2. The van der Waals surface area contributed by atoms with Crippen molar-refractivity contribution >= 4 is 17.7 Å². The third-order valence-electron chi connectivity index (χ3n) is 5.00. The third-order valence-corrected chi connectivity index (χ3v) is 5.00. The Balaban J connectivity index is 1.36. The molecule has 0 unspecified atom stereocenters. The van der Waals surface area contributed by atoms with Crippen LogP contribution >= 0.6 is 0 Å². The average Bonchev–Trinajstić information content (AvgIpc) is 3.42. The number of H-pyrrole nitrogens is 1. The first-order chi connectivity index (χ1) is 12.1. The van der Waals surface area contributed by atoms with Gasteiger partial charge in [-0.05, 0) is 17.9 Å². The summed E-state index contributed by atoms with van der Waals surface area (Å²) >= 11 is 0. The van der Waals surface area contributed by atoms with Gasteiger partial charge in [0.1, 0.15) is 5.82 Å². The zero-order valence-electron chi connectivity index (χ0n) is 13.9. The molecule has 1 saturated heterocycles. The second-order valence-electron chi connectivity index (χ2n) is 6.66. The normalized spacial score (nSPS) is 22.7. The van der Waals surface area contributed by atoms with E-state index in [9.17, 15) is 9.59 Å². The SMILES string of the molecule is Nc1nc(N2CCN(C(=O)[C@H]3C[C@@H]3c3ccccc3)CC2)cc(=O)[nH]1. The number of piperazine rings is 1. The van der Waals surface area contributed by atoms with Crippen molar-refractivity contribution in [1.82, 2.24) is 14.9 Å². The Kier molecular flexibility index (Phi) is 3.91. The molecule has 130 valence electrons. The number of carbonyl (C=O) groups is 1. The lowest BCUT2D eigenvalue weighted by molar-refractivity contribution is -0.133. The maximum Gasteiger partial charge on any atom is 0.254 e. The standard InChI is InChI=1S/C18H21N5O2/c19-18-20-15(11-16(24)21-18)22-6-8-23(9-7-22)17(25)14-10-13(14)12-4-2-1-3-5-12/h1-5,11,13-14H,6-10H2,(H3,19,20,21,24)/t13-,14+/m1/s1. The molecule has 1 aliphatic carbocycles. The number of aromatic nitrogens is 2. The maximum atomic E-state index is 12.7. The van der Waals surface area contributed by atoms with Crippen LogP contribution in [0.2, 0.25) is 0 Å². The molecule has 1 aliphatic heterocycles. The molecule has 1 amide bonds. The maximum absolute atomic E-state index is 12.7. The van der Waals surface area contributed by atoms with Crippen LogP contribution in [0.4, 0.5) is 11.8 Å². The topological polar surface area (TPSA) is 95.3 Å². The molecule has 1 aromatic heterocycles. The number of nitrogen functional groups attached to an aromatic ring is 1. The molecule has 7 nitrogen and oxygen atoms in total. The van der Waals surface area contributed by atoms with E-state index in [-0.39, 0.29) is 23.3 Å². The molecule has 2 aromatic rings. The second-order valence-corrected chi connectivity index (χ2v) is 6.66. The average molecular weight is 339 g/mol. The fourth-order valence-corrected chi connectivity index (χ4v) is 3.55. The molecule has 2 fully saturated rings. The number of nitrogens with zero attached hydrogens (tertiary/aromatic N) is 3. The van der Waals surface area contributed by atoms with E-state index in [1.165, 1.54) is 11.6 Å². The van der Waals surface area contributed by atoms with Gasteiger partial charge in [-0.2, -0.15) is 4.98 Å². The zero-order chi connectivity index (χ0) is 17.4. The summed E-state index contributed by atoms with van der Waals surface area (Å²) in [6, 6.07) is 11.7. The van der Waals surface area contributed by atoms with Gasteiger partial charge in [0.25, 0.3) is 5.56 Å². The number of anilines is 2. The lowest BCUT2D eigenvalue weighted by Gasteiger charge is -2.35. The van der Waals surface area contributed by atoms with Crippen LogP contribution in [0.15, 0.2) is 41.2 Å². The molecule has 1 aromatic carbocycles. The number of rotatable bonds is 3. The molecule has 1 saturated carbocycles. The number of aromatic amines is 1. The van der Waals surface area contributed by atoms with Crippen molar-refractivity contribution in [3.8, 4) is 0 Å². The van der Waals surface area contributed by atoms with Gasteiger partial charge in [-0.25, -0.2) is 0 Å². The van der Waals surface area contributed by atoms with E-state index < -0.39 is 0 Å². The quantitative estimate of drug-likeness (QED) is 0.863. The summed E-state index contributed by atoms with van der Waals surface area (Å²) in [5.74, 6) is 1.40. The van der Waals surface area contributed by atoms with Crippen LogP contribution in [0.3, 0.4) is 0 Å². The van der Waals surface area contributed by atoms with Gasteiger partial charge >= 0.3 is 0 Å². The van der Waals surface area contributed by atoms with E-state index in [0.29, 0.717) is 37.9 Å². The summed E-state index contributed by atoms with van der Waals surface area (Å²) in [6.45, 7) is 2.60. The molecule has 2 heterocycles. The summed E-state index contributed by atoms with van der Waals surface area (Å²) in [4.78, 5) is 34.8. The molecule has 0 bridgehead atoms. The summed E-state index contributed by atoms with van der Waals surface area (Å²) in [5, 5.41) is 0. The fraction of sp³-hybridized carbons (Fsp3) is 0.389. The monoisotopic (exact) mass is 339 g/mol. The highest BCUT2D eigenvalue weighted by molar-refractivity contribution is 5.83. The predicted octanol–water partition coefficient (Wildman–Crippen LogP) is 0.804. The summed E-state index contributed by atoms with van der Waals surface area (Å²) < 4.78 is 0. The first kappa shape index (κ1) is 15.7. The molecule has 2 aliphatic rings. The molecule has 7 heteroatoms. The van der Waals surface area contributed by atoms with Gasteiger partial charge in [0.15, 0.2) is 0 Å². The Bertz CT molecular complexity index is 827. The highest BCUT2D eigenvalue weighted by Gasteiger charge is 2.46. The van der Waals surface area contributed by atoms with Crippen LogP contribution in [-0.2, 0) is 4.79 Å². The van der Waals surface area contributed by atoms with Crippen molar-refractivity contribution in [3.05, 3.63) is 52.3 Å². The molecular formula is C18H21N5O2. The van der Waals surface area contributed by atoms with Crippen molar-refractivity contribution < 1.29 is 4.79 Å². The molecule has 0 spiro atoms. The lowest BCUT2D eigenvalue weighted by atomic mass is 10.1. The highest BCUT2D eigenvalue weighted by Crippen LogP contribution is 2.48. The van der Waals surface area contributed by atoms with E-state index >= 15 is 0 Å². The van der Waals surface area contributed by atoms with Crippen LogP contribution in [0.1, 0.15) is 17.9 Å². The highest BCUT2D eigenvalue weighted by atomic mass is 16.2. The summed E-state index contributed by atoms with van der Waals surface area (Å²) in [5.41, 5.74) is 6.60. The first-order valence-electron chi connectivity index (χ1n) is 8.57. The van der Waals surface area contributed by atoms with E-state index in [1.807, 2.05) is 28.0 Å². The third kappa shape index (κ3) is 3.22. The lowest BCUT2D eigenvalue weighted by Crippen LogP contribution is -2.49. The smallest absolute Gasteiger partial charge is 0.254 e. The van der Waals surface area contributed by atoms with Crippen LogP contribution in [0.5, 0.6) is 0 Å². The number of benzene rings is 1. The van der Waals surface area contributed by atoms with E-state index in [2.05, 4.69) is 22.1 Å². The van der Waals surface area contributed by atoms with Crippen LogP contribution in [0.25, 0.3) is 0 Å². The van der Waals surface area contributed by atoms with Gasteiger partial charge in [-0.15, -0.1) is 0 Å². The zero-order valence-corrected chi connectivity index (χ0v) is 13.9. The van der Waals surface area contributed by atoms with Crippen LogP contribution in [-0.4, -0.2) is 47.0 Å². The number of hydrogen-bond acceptors (Lipinski definition) is 5. The van der Waals surface area contributed by atoms with Gasteiger partial charge in [0, 0.05) is 38.2 Å². The first-order valence-corrected chi connectivity index (χ1v) is 8.57. The largest absolute Gasteiger partial charge is 0.369 e. The Morgan fingerprint density at radius 1 is 1.16 bits per heavy atom. The molecule has 2 atom stereocenters. The number of nitrogens with two attached hydrogens (primary N) is 1. The van der Waals surface area contributed by atoms with E-state index in [1.54, 1.807) is 0 Å². The summed E-state index contributed by atoms with van der Waals surface area (Å²) in [6.07, 6.45) is 0.940. The number of nitrogens with one attached hydrogen (secondary N) is 1. The fourth-order valence-electron chi connectivity index (χ4n) is 3.55. The Morgan fingerprint density at radius 2 is 1.88 bits per heavy atom. The van der Waals surface area contributed by atoms with Crippen molar-refractivity contribution in [2.24, 2.45) is 5.92 Å². The Labute approximate surface area is 145 Å². The minimum Gasteiger partial charge on any atom is -0.369 e. The van der Waals surface area contributed by atoms with Crippen molar-refractivity contribution in [2.75, 3.05) is 36.8 Å². The van der Waals surface area contributed by atoms with Gasteiger partial charge in [-0.1, -0.05) is 30.3 Å². The molecule has 4 rings (SSSR count). The minimum absolute atomic E-state index is 0.113. The Hall–Kier alpha value is -2.83. The van der Waals surface area contributed by atoms with Crippen LogP contribution in [0, 0.1) is 5.92 Å². The van der Waals surface area contributed by atoms with Gasteiger partial charge < -0.3 is 15.5 Å². The van der Waals surface area contributed by atoms with Gasteiger partial charge in [0.05, 0.1) is 0 Å². The minimum atomic E-state index is -0.260. The van der Waals surface area contributed by atoms with Gasteiger partial charge in [-0.3, -0.25) is 14.6 Å². The Morgan fingerprint density at radius 3 is 2.56 bits per heavy atom. The van der Waals surface area contributed by atoms with Crippen LogP contribution < -0.4 is 16.2 Å². The van der Waals surface area contributed by atoms with Crippen molar-refractivity contribution in [2.45, 2.75) is 12.3 Å². The van der Waals surface area contributed by atoms with E-state index in [0.717, 1.165) is 6.42 Å². The van der Waals surface area contributed by atoms with E-state index in [4.69, 9.17) is 5.73 Å². The molecule has 3 N–H and O–H groups in total. The summed E-state index contributed by atoms with van der Waals surface area (Å²) in [7, 11) is 0. The second kappa shape index (κ2) is 6.23. The molecule has 25 heavy (non-hydrogen) atoms. The predicted molar refractivity (Wildman–Crippen MR) is 95.4 cm³/mol. The molecular weight excluding hydrogens is 318 g/mol. The molecule has 0 radical (unpaired) electrons.